The first-order valence-electron chi connectivity index (χ1n) is 6.88. The standard InChI is InChI=1S/C8H13N3O3.C6H4Cl2/c12-8-10-7(11-14-8)3-6-4-9-1-2-13-5-6;7-5-3-1-2-4-6(5)8/h6,9H,1-5H2,(H,10,11,12);1-4H. The van der Waals surface area contributed by atoms with Gasteiger partial charge < -0.3 is 10.1 Å². The minimum atomic E-state index is -0.498. The van der Waals surface area contributed by atoms with Crippen molar-refractivity contribution in [2.24, 2.45) is 5.92 Å². The van der Waals surface area contributed by atoms with E-state index in [0.29, 0.717) is 34.8 Å². The molecule has 0 bridgehead atoms. The van der Waals surface area contributed by atoms with Crippen LogP contribution >= 0.6 is 23.2 Å². The Morgan fingerprint density at radius 2 is 2.00 bits per heavy atom. The highest BCUT2D eigenvalue weighted by Gasteiger charge is 2.15. The summed E-state index contributed by atoms with van der Waals surface area (Å²) in [6.07, 6.45) is 0.679. The summed E-state index contributed by atoms with van der Waals surface area (Å²) in [5.41, 5.74) is 0. The van der Waals surface area contributed by atoms with Crippen molar-refractivity contribution in [3.63, 3.8) is 0 Å². The number of aromatic nitrogens is 2. The zero-order chi connectivity index (χ0) is 15.8. The van der Waals surface area contributed by atoms with Crippen LogP contribution in [0, 0.1) is 5.92 Å². The number of H-pyrrole nitrogens is 1. The van der Waals surface area contributed by atoms with E-state index in [0.717, 1.165) is 19.7 Å². The van der Waals surface area contributed by atoms with Gasteiger partial charge in [0, 0.05) is 25.4 Å². The molecule has 2 aromatic rings. The predicted molar refractivity (Wildman–Crippen MR) is 84.5 cm³/mol. The van der Waals surface area contributed by atoms with Gasteiger partial charge in [0.2, 0.25) is 0 Å². The first-order valence-corrected chi connectivity index (χ1v) is 7.64. The van der Waals surface area contributed by atoms with Gasteiger partial charge in [-0.3, -0.25) is 9.51 Å². The molecule has 1 aromatic heterocycles. The lowest BCUT2D eigenvalue weighted by atomic mass is 10.1. The molecule has 120 valence electrons. The Morgan fingerprint density at radius 3 is 2.59 bits per heavy atom. The quantitative estimate of drug-likeness (QED) is 0.871. The summed E-state index contributed by atoms with van der Waals surface area (Å²) in [7, 11) is 0. The maximum Gasteiger partial charge on any atom is 0.438 e. The third-order valence-electron chi connectivity index (χ3n) is 3.00. The molecule has 0 radical (unpaired) electrons. The summed E-state index contributed by atoms with van der Waals surface area (Å²) in [4.78, 5) is 13.2. The number of hydrogen-bond acceptors (Lipinski definition) is 5. The summed E-state index contributed by atoms with van der Waals surface area (Å²) in [6.45, 7) is 3.20. The summed E-state index contributed by atoms with van der Waals surface area (Å²) in [5.74, 6) is 0.438. The lowest BCUT2D eigenvalue weighted by Gasteiger charge is -2.10. The molecule has 0 spiro atoms. The number of aromatic amines is 1. The lowest BCUT2D eigenvalue weighted by molar-refractivity contribution is 0.122. The minimum absolute atomic E-state index is 0.346. The fourth-order valence-corrected chi connectivity index (χ4v) is 2.22. The van der Waals surface area contributed by atoms with E-state index >= 15 is 0 Å². The van der Waals surface area contributed by atoms with Gasteiger partial charge in [0.05, 0.1) is 23.3 Å². The van der Waals surface area contributed by atoms with Crippen LogP contribution in [0.5, 0.6) is 0 Å². The Hall–Kier alpha value is -1.34. The largest absolute Gasteiger partial charge is 0.438 e. The Morgan fingerprint density at radius 1 is 1.27 bits per heavy atom. The molecule has 22 heavy (non-hydrogen) atoms. The number of nitrogens with one attached hydrogen (secondary N) is 2. The van der Waals surface area contributed by atoms with Crippen molar-refractivity contribution in [3.8, 4) is 0 Å². The highest BCUT2D eigenvalue weighted by Crippen LogP contribution is 2.19. The van der Waals surface area contributed by atoms with Crippen LogP contribution in [0.1, 0.15) is 5.82 Å². The lowest BCUT2D eigenvalue weighted by Crippen LogP contribution is -2.24. The fourth-order valence-electron chi connectivity index (χ4n) is 1.95. The first-order chi connectivity index (χ1) is 10.6. The molecule has 2 heterocycles. The van der Waals surface area contributed by atoms with E-state index in [2.05, 4.69) is 20.0 Å². The average Bonchev–Trinajstić information content (AvgIpc) is 2.75. The molecular weight excluding hydrogens is 329 g/mol. The maximum absolute atomic E-state index is 10.7. The Balaban J connectivity index is 0.000000188. The van der Waals surface area contributed by atoms with Gasteiger partial charge in [0.25, 0.3) is 0 Å². The fraction of sp³-hybridized carbons (Fsp3) is 0.429. The van der Waals surface area contributed by atoms with Crippen molar-refractivity contribution >= 4 is 23.2 Å². The van der Waals surface area contributed by atoms with Crippen molar-refractivity contribution < 1.29 is 9.26 Å². The molecule has 1 aliphatic rings. The zero-order valence-electron chi connectivity index (χ0n) is 11.9. The Kier molecular flexibility index (Phi) is 6.92. The SMILES string of the molecule is Clc1ccccc1Cl.O=c1[nH]c(CC2CNCCOC2)no1. The van der Waals surface area contributed by atoms with Crippen LogP contribution in [0.15, 0.2) is 33.6 Å². The van der Waals surface area contributed by atoms with Gasteiger partial charge in [0.15, 0.2) is 5.82 Å². The van der Waals surface area contributed by atoms with Crippen LogP contribution in [0.3, 0.4) is 0 Å². The second-order valence-electron chi connectivity index (χ2n) is 4.81. The molecular formula is C14H17Cl2N3O3. The molecule has 1 aliphatic heterocycles. The molecule has 6 nitrogen and oxygen atoms in total. The molecule has 0 saturated carbocycles. The van der Waals surface area contributed by atoms with Crippen molar-refractivity contribution in [1.29, 1.82) is 0 Å². The number of ether oxygens (including phenoxy) is 1. The number of rotatable bonds is 2. The highest BCUT2D eigenvalue weighted by atomic mass is 35.5. The molecule has 1 aromatic carbocycles. The van der Waals surface area contributed by atoms with Gasteiger partial charge in [-0.2, -0.15) is 0 Å². The first kappa shape index (κ1) is 17.0. The number of hydrogen-bond donors (Lipinski definition) is 2. The van der Waals surface area contributed by atoms with E-state index in [9.17, 15) is 4.79 Å². The topological polar surface area (TPSA) is 80.2 Å². The number of benzene rings is 1. The second-order valence-corrected chi connectivity index (χ2v) is 5.62. The van der Waals surface area contributed by atoms with E-state index in [1.807, 2.05) is 12.1 Å². The van der Waals surface area contributed by atoms with Gasteiger partial charge in [-0.25, -0.2) is 4.79 Å². The summed E-state index contributed by atoms with van der Waals surface area (Å²) in [5, 5.41) is 8.07. The van der Waals surface area contributed by atoms with Crippen LogP contribution < -0.4 is 11.1 Å². The molecule has 1 unspecified atom stereocenters. The average molecular weight is 346 g/mol. The van der Waals surface area contributed by atoms with Crippen molar-refractivity contribution in [3.05, 3.63) is 50.7 Å². The monoisotopic (exact) mass is 345 g/mol. The zero-order valence-corrected chi connectivity index (χ0v) is 13.4. The van der Waals surface area contributed by atoms with E-state index < -0.39 is 5.76 Å². The summed E-state index contributed by atoms with van der Waals surface area (Å²) < 4.78 is 9.79. The minimum Gasteiger partial charge on any atom is -0.380 e. The van der Waals surface area contributed by atoms with Crippen LogP contribution in [-0.4, -0.2) is 36.4 Å². The van der Waals surface area contributed by atoms with Crippen LogP contribution in [0.2, 0.25) is 10.0 Å². The van der Waals surface area contributed by atoms with Gasteiger partial charge in [-0.15, -0.1) is 0 Å². The van der Waals surface area contributed by atoms with E-state index in [1.54, 1.807) is 12.1 Å². The summed E-state index contributed by atoms with van der Waals surface area (Å²) >= 11 is 11.2. The van der Waals surface area contributed by atoms with Gasteiger partial charge >= 0.3 is 5.76 Å². The normalized spacial score (nSPS) is 18.2. The Labute approximate surface area is 137 Å². The second kappa shape index (κ2) is 8.95. The van der Waals surface area contributed by atoms with E-state index in [4.69, 9.17) is 27.9 Å². The van der Waals surface area contributed by atoms with Gasteiger partial charge in [0.1, 0.15) is 0 Å². The third-order valence-corrected chi connectivity index (χ3v) is 3.76. The smallest absolute Gasteiger partial charge is 0.380 e. The third kappa shape index (κ3) is 5.81. The van der Waals surface area contributed by atoms with Crippen molar-refractivity contribution in [1.82, 2.24) is 15.5 Å². The Bertz CT molecular complexity index is 601. The number of nitrogens with zero attached hydrogens (tertiary/aromatic N) is 1. The highest BCUT2D eigenvalue weighted by molar-refractivity contribution is 6.41. The van der Waals surface area contributed by atoms with Gasteiger partial charge in [-0.1, -0.05) is 40.5 Å². The number of halogens is 2. The van der Waals surface area contributed by atoms with Crippen molar-refractivity contribution in [2.45, 2.75) is 6.42 Å². The molecule has 1 fully saturated rings. The predicted octanol–water partition coefficient (Wildman–Crippen LogP) is 2.13. The maximum atomic E-state index is 10.7. The molecule has 8 heteroatoms. The van der Waals surface area contributed by atoms with E-state index in [-0.39, 0.29) is 0 Å². The van der Waals surface area contributed by atoms with Crippen molar-refractivity contribution in [2.75, 3.05) is 26.3 Å². The van der Waals surface area contributed by atoms with Crippen LogP contribution in [-0.2, 0) is 11.2 Å². The molecule has 2 N–H and O–H groups in total. The van der Waals surface area contributed by atoms with E-state index in [1.165, 1.54) is 0 Å². The molecule has 0 aliphatic carbocycles. The van der Waals surface area contributed by atoms with Crippen LogP contribution in [0.4, 0.5) is 0 Å². The molecule has 1 atom stereocenters. The molecule has 0 amide bonds. The summed E-state index contributed by atoms with van der Waals surface area (Å²) in [6, 6.07) is 7.19. The van der Waals surface area contributed by atoms with Crippen LogP contribution in [0.25, 0.3) is 0 Å². The molecule has 3 rings (SSSR count). The van der Waals surface area contributed by atoms with Gasteiger partial charge in [-0.05, 0) is 12.1 Å². The molecule has 1 saturated heterocycles.